The van der Waals surface area contributed by atoms with Gasteiger partial charge in [0.25, 0.3) is 0 Å². The van der Waals surface area contributed by atoms with Gasteiger partial charge >= 0.3 is 0 Å². The highest BCUT2D eigenvalue weighted by Crippen LogP contribution is 2.33. The zero-order valence-corrected chi connectivity index (χ0v) is 14.4. The molecular weight excluding hydrogens is 319 g/mol. The van der Waals surface area contributed by atoms with E-state index in [-0.39, 0.29) is 5.82 Å². The van der Waals surface area contributed by atoms with Gasteiger partial charge in [0.1, 0.15) is 11.6 Å². The highest BCUT2D eigenvalue weighted by atomic mass is 19.1. The molecule has 0 radical (unpaired) electrons. The SMILES string of the molecule is CC1CCN(c2nc(-c3ccccc3F)c3c(N)n(C)nc3n2)CC1. The molecule has 130 valence electrons. The van der Waals surface area contributed by atoms with Gasteiger partial charge in [-0.3, -0.25) is 4.68 Å². The summed E-state index contributed by atoms with van der Waals surface area (Å²) in [6.45, 7) is 4.04. The fourth-order valence-electron chi connectivity index (χ4n) is 3.30. The van der Waals surface area contributed by atoms with Crippen LogP contribution < -0.4 is 10.6 Å². The van der Waals surface area contributed by atoms with Crippen LogP contribution in [-0.4, -0.2) is 32.8 Å². The summed E-state index contributed by atoms with van der Waals surface area (Å²) in [4.78, 5) is 11.4. The number of anilines is 2. The van der Waals surface area contributed by atoms with E-state index in [0.717, 1.165) is 25.9 Å². The van der Waals surface area contributed by atoms with Crippen molar-refractivity contribution in [2.24, 2.45) is 13.0 Å². The van der Waals surface area contributed by atoms with E-state index in [1.807, 2.05) is 0 Å². The van der Waals surface area contributed by atoms with Crippen molar-refractivity contribution in [3.05, 3.63) is 30.1 Å². The lowest BCUT2D eigenvalue weighted by atomic mass is 9.99. The second-order valence-corrected chi connectivity index (χ2v) is 6.73. The molecule has 3 aromatic rings. The van der Waals surface area contributed by atoms with Gasteiger partial charge < -0.3 is 10.6 Å². The van der Waals surface area contributed by atoms with Gasteiger partial charge in [-0.15, -0.1) is 0 Å². The van der Waals surface area contributed by atoms with E-state index in [1.165, 1.54) is 6.07 Å². The smallest absolute Gasteiger partial charge is 0.228 e. The van der Waals surface area contributed by atoms with E-state index in [0.29, 0.717) is 40.0 Å². The maximum absolute atomic E-state index is 14.4. The average Bonchev–Trinajstić information content (AvgIpc) is 2.90. The first kappa shape index (κ1) is 15.8. The van der Waals surface area contributed by atoms with Crippen LogP contribution >= 0.6 is 0 Å². The number of rotatable bonds is 2. The first-order chi connectivity index (χ1) is 12.0. The van der Waals surface area contributed by atoms with Gasteiger partial charge in [0.15, 0.2) is 5.65 Å². The van der Waals surface area contributed by atoms with E-state index >= 15 is 0 Å². The highest BCUT2D eigenvalue weighted by Gasteiger charge is 2.23. The van der Waals surface area contributed by atoms with Crippen molar-refractivity contribution in [1.82, 2.24) is 19.7 Å². The molecule has 0 aliphatic carbocycles. The molecule has 4 rings (SSSR count). The van der Waals surface area contributed by atoms with Crippen LogP contribution in [0.4, 0.5) is 16.2 Å². The van der Waals surface area contributed by atoms with E-state index in [1.54, 1.807) is 29.9 Å². The van der Waals surface area contributed by atoms with Crippen molar-refractivity contribution in [3.63, 3.8) is 0 Å². The number of nitrogen functional groups attached to an aromatic ring is 1. The molecule has 0 spiro atoms. The number of hydrogen-bond donors (Lipinski definition) is 1. The monoisotopic (exact) mass is 340 g/mol. The third-order valence-electron chi connectivity index (χ3n) is 4.92. The molecule has 0 bridgehead atoms. The molecular formula is C18H21FN6. The second-order valence-electron chi connectivity index (χ2n) is 6.73. The minimum absolute atomic E-state index is 0.330. The van der Waals surface area contributed by atoms with Crippen molar-refractivity contribution in [1.29, 1.82) is 0 Å². The van der Waals surface area contributed by atoms with Crippen LogP contribution in [0.15, 0.2) is 24.3 Å². The number of hydrogen-bond acceptors (Lipinski definition) is 5. The molecule has 7 heteroatoms. The molecule has 1 saturated heterocycles. The molecule has 0 atom stereocenters. The Kier molecular flexibility index (Phi) is 3.78. The number of benzene rings is 1. The number of halogens is 1. The maximum atomic E-state index is 14.4. The van der Waals surface area contributed by atoms with Crippen molar-refractivity contribution >= 4 is 22.8 Å². The Hall–Kier alpha value is -2.70. The van der Waals surface area contributed by atoms with Gasteiger partial charge in [-0.25, -0.2) is 9.37 Å². The fourth-order valence-corrected chi connectivity index (χ4v) is 3.30. The summed E-state index contributed by atoms with van der Waals surface area (Å²) in [5.74, 6) is 1.41. The molecule has 0 amide bonds. The number of aromatic nitrogens is 4. The predicted molar refractivity (Wildman–Crippen MR) is 96.7 cm³/mol. The van der Waals surface area contributed by atoms with Gasteiger partial charge in [0.2, 0.25) is 5.95 Å². The molecule has 0 saturated carbocycles. The quantitative estimate of drug-likeness (QED) is 0.776. The Labute approximate surface area is 145 Å². The van der Waals surface area contributed by atoms with Crippen LogP contribution in [0.25, 0.3) is 22.3 Å². The van der Waals surface area contributed by atoms with Crippen LogP contribution in [0.2, 0.25) is 0 Å². The van der Waals surface area contributed by atoms with Gasteiger partial charge in [0, 0.05) is 25.7 Å². The number of aryl methyl sites for hydroxylation is 1. The van der Waals surface area contributed by atoms with Crippen molar-refractivity contribution in [3.8, 4) is 11.3 Å². The van der Waals surface area contributed by atoms with Crippen LogP contribution in [0.3, 0.4) is 0 Å². The third-order valence-corrected chi connectivity index (χ3v) is 4.92. The minimum Gasteiger partial charge on any atom is -0.383 e. The van der Waals surface area contributed by atoms with Crippen LogP contribution in [0.1, 0.15) is 19.8 Å². The highest BCUT2D eigenvalue weighted by molar-refractivity contribution is 5.99. The van der Waals surface area contributed by atoms with Crippen molar-refractivity contribution in [2.45, 2.75) is 19.8 Å². The molecule has 25 heavy (non-hydrogen) atoms. The Balaban J connectivity index is 1.91. The summed E-state index contributed by atoms with van der Waals surface area (Å²) in [7, 11) is 1.75. The molecule has 2 N–H and O–H groups in total. The maximum Gasteiger partial charge on any atom is 0.228 e. The summed E-state index contributed by atoms with van der Waals surface area (Å²) < 4.78 is 16.0. The largest absolute Gasteiger partial charge is 0.383 e. The Bertz CT molecular complexity index is 927. The molecule has 2 aromatic heterocycles. The molecule has 1 aromatic carbocycles. The first-order valence-corrected chi connectivity index (χ1v) is 8.54. The summed E-state index contributed by atoms with van der Waals surface area (Å²) in [5.41, 5.74) is 7.58. The lowest BCUT2D eigenvalue weighted by Crippen LogP contribution is -2.34. The summed E-state index contributed by atoms with van der Waals surface area (Å²) in [5, 5.41) is 4.99. The molecule has 1 aliphatic rings. The zero-order valence-electron chi connectivity index (χ0n) is 14.4. The van der Waals surface area contributed by atoms with E-state index in [2.05, 4.69) is 21.9 Å². The lowest BCUT2D eigenvalue weighted by molar-refractivity contribution is 0.434. The Morgan fingerprint density at radius 2 is 1.88 bits per heavy atom. The van der Waals surface area contributed by atoms with Gasteiger partial charge in [-0.1, -0.05) is 19.1 Å². The van der Waals surface area contributed by atoms with Gasteiger partial charge in [0.05, 0.1) is 11.1 Å². The Morgan fingerprint density at radius 3 is 2.60 bits per heavy atom. The average molecular weight is 340 g/mol. The number of fused-ring (bicyclic) bond motifs is 1. The number of nitrogens with zero attached hydrogens (tertiary/aromatic N) is 5. The molecule has 0 unspecified atom stereocenters. The predicted octanol–water partition coefficient (Wildman–Crippen LogP) is 2.99. The van der Waals surface area contributed by atoms with Crippen LogP contribution in [0, 0.1) is 11.7 Å². The normalized spacial score (nSPS) is 15.9. The molecule has 1 fully saturated rings. The lowest BCUT2D eigenvalue weighted by Gasteiger charge is -2.30. The summed E-state index contributed by atoms with van der Waals surface area (Å²) in [6.07, 6.45) is 2.20. The van der Waals surface area contributed by atoms with Gasteiger partial charge in [-0.05, 0) is 30.9 Å². The zero-order chi connectivity index (χ0) is 17.6. The topological polar surface area (TPSA) is 72.9 Å². The fraction of sp³-hybridized carbons (Fsp3) is 0.389. The van der Waals surface area contributed by atoms with E-state index in [9.17, 15) is 4.39 Å². The van der Waals surface area contributed by atoms with Crippen LogP contribution in [-0.2, 0) is 7.05 Å². The van der Waals surface area contributed by atoms with Crippen LogP contribution in [0.5, 0.6) is 0 Å². The standard InChI is InChI=1S/C18H21FN6/c1-11-7-9-25(10-8-11)18-21-15(12-5-3-4-6-13(12)19)14-16(20)24(2)23-17(14)22-18/h3-6,11H,7-10,20H2,1-2H3. The molecule has 3 heterocycles. The van der Waals surface area contributed by atoms with Crippen molar-refractivity contribution < 1.29 is 4.39 Å². The summed E-state index contributed by atoms with van der Waals surface area (Å²) >= 11 is 0. The molecule has 6 nitrogen and oxygen atoms in total. The Morgan fingerprint density at radius 1 is 1.16 bits per heavy atom. The van der Waals surface area contributed by atoms with E-state index in [4.69, 9.17) is 10.7 Å². The van der Waals surface area contributed by atoms with Crippen molar-refractivity contribution in [2.75, 3.05) is 23.7 Å². The van der Waals surface area contributed by atoms with Gasteiger partial charge in [-0.2, -0.15) is 10.1 Å². The second kappa shape index (κ2) is 5.98. The third kappa shape index (κ3) is 2.69. The minimum atomic E-state index is -0.330. The number of piperidine rings is 1. The number of nitrogens with two attached hydrogens (primary N) is 1. The molecule has 1 aliphatic heterocycles. The summed E-state index contributed by atoms with van der Waals surface area (Å²) in [6, 6.07) is 6.60. The van der Waals surface area contributed by atoms with E-state index < -0.39 is 0 Å². The first-order valence-electron chi connectivity index (χ1n) is 8.54.